The van der Waals surface area contributed by atoms with Crippen LogP contribution in [0.3, 0.4) is 0 Å². The van der Waals surface area contributed by atoms with Crippen molar-refractivity contribution in [1.29, 1.82) is 0 Å². The van der Waals surface area contributed by atoms with Crippen LogP contribution in [0.2, 0.25) is 0 Å². The van der Waals surface area contributed by atoms with Crippen molar-refractivity contribution in [1.82, 2.24) is 9.80 Å². The van der Waals surface area contributed by atoms with Crippen molar-refractivity contribution in [3.05, 3.63) is 0 Å². The van der Waals surface area contributed by atoms with Crippen LogP contribution in [0.25, 0.3) is 0 Å². The number of carbonyl (C=O) groups excluding carboxylic acids is 1. The van der Waals surface area contributed by atoms with Gasteiger partial charge >= 0.3 is 0 Å². The van der Waals surface area contributed by atoms with E-state index in [1.807, 2.05) is 0 Å². The van der Waals surface area contributed by atoms with Crippen LogP contribution in [-0.2, 0) is 4.79 Å². The van der Waals surface area contributed by atoms with Crippen LogP contribution in [-0.4, -0.2) is 48.9 Å². The normalized spacial score (nSPS) is 29.5. The summed E-state index contributed by atoms with van der Waals surface area (Å²) in [5.41, 5.74) is 0.923. The Morgan fingerprint density at radius 2 is 1.53 bits per heavy atom. The summed E-state index contributed by atoms with van der Waals surface area (Å²) < 4.78 is 0. The van der Waals surface area contributed by atoms with E-state index >= 15 is 0 Å². The molecule has 0 aromatic carbocycles. The molecular weight excluding hydrogens is 236 g/mol. The minimum absolute atomic E-state index is 0.248. The van der Waals surface area contributed by atoms with Gasteiger partial charge in [0.2, 0.25) is 5.91 Å². The van der Waals surface area contributed by atoms with Gasteiger partial charge in [0.1, 0.15) is 0 Å². The molecule has 1 aliphatic carbocycles. The van der Waals surface area contributed by atoms with Crippen LogP contribution in [0, 0.1) is 10.8 Å². The minimum atomic E-state index is 0.248. The number of nitrogens with zero attached hydrogens (tertiary/aromatic N) is 2. The lowest BCUT2D eigenvalue weighted by molar-refractivity contribution is -0.135. The first kappa shape index (κ1) is 13.4. The number of hydrogen-bond donors (Lipinski definition) is 0. The van der Waals surface area contributed by atoms with Gasteiger partial charge in [-0.1, -0.05) is 6.92 Å². The molecule has 0 unspecified atom stereocenters. The van der Waals surface area contributed by atoms with Gasteiger partial charge < -0.3 is 9.80 Å². The first-order valence-corrected chi connectivity index (χ1v) is 7.97. The van der Waals surface area contributed by atoms with E-state index in [4.69, 9.17) is 0 Å². The smallest absolute Gasteiger partial charge is 0.223 e. The molecule has 2 aliphatic heterocycles. The molecule has 2 saturated heterocycles. The van der Waals surface area contributed by atoms with Gasteiger partial charge in [-0.3, -0.25) is 4.79 Å². The lowest BCUT2D eigenvalue weighted by Crippen LogP contribution is -2.43. The lowest BCUT2D eigenvalue weighted by atomic mass is 9.77. The van der Waals surface area contributed by atoms with Crippen molar-refractivity contribution >= 4 is 5.91 Å². The van der Waals surface area contributed by atoms with Crippen LogP contribution in [0.15, 0.2) is 0 Å². The summed E-state index contributed by atoms with van der Waals surface area (Å²) in [4.78, 5) is 17.0. The van der Waals surface area contributed by atoms with Crippen molar-refractivity contribution in [2.24, 2.45) is 10.8 Å². The Bertz CT molecular complexity index is 344. The van der Waals surface area contributed by atoms with Crippen molar-refractivity contribution in [2.45, 2.75) is 51.9 Å². The maximum absolute atomic E-state index is 12.5. The van der Waals surface area contributed by atoms with E-state index < -0.39 is 0 Å². The largest absolute Gasteiger partial charge is 0.343 e. The van der Waals surface area contributed by atoms with E-state index in [1.54, 1.807) is 0 Å². The Morgan fingerprint density at radius 1 is 0.947 bits per heavy atom. The van der Waals surface area contributed by atoms with E-state index in [9.17, 15) is 4.79 Å². The zero-order valence-corrected chi connectivity index (χ0v) is 12.6. The third-order valence-electron chi connectivity index (χ3n) is 5.91. The molecule has 108 valence electrons. The molecular formula is C16H28N2O. The quantitative estimate of drug-likeness (QED) is 0.765. The van der Waals surface area contributed by atoms with E-state index in [-0.39, 0.29) is 5.41 Å². The third kappa shape index (κ3) is 2.96. The summed E-state index contributed by atoms with van der Waals surface area (Å²) in [5.74, 6) is 0.419. The number of amides is 1. The Labute approximate surface area is 117 Å². The molecule has 19 heavy (non-hydrogen) atoms. The third-order valence-corrected chi connectivity index (χ3v) is 5.91. The van der Waals surface area contributed by atoms with Crippen molar-refractivity contribution in [3.8, 4) is 0 Å². The molecule has 3 aliphatic rings. The molecule has 1 amide bonds. The van der Waals surface area contributed by atoms with Gasteiger partial charge in [-0.15, -0.1) is 0 Å². The van der Waals surface area contributed by atoms with Gasteiger partial charge in [-0.2, -0.15) is 0 Å². The van der Waals surface area contributed by atoms with Gasteiger partial charge in [0, 0.05) is 19.5 Å². The molecule has 2 heterocycles. The molecule has 3 heteroatoms. The Balaban J connectivity index is 1.50. The molecule has 0 aromatic heterocycles. The topological polar surface area (TPSA) is 23.6 Å². The number of rotatable bonds is 2. The highest BCUT2D eigenvalue weighted by atomic mass is 16.2. The highest BCUT2D eigenvalue weighted by Gasteiger charge is 2.45. The first-order valence-electron chi connectivity index (χ1n) is 7.97. The molecule has 1 spiro atoms. The maximum atomic E-state index is 12.5. The Kier molecular flexibility index (Phi) is 3.36. The van der Waals surface area contributed by atoms with Crippen LogP contribution < -0.4 is 0 Å². The summed E-state index contributed by atoms with van der Waals surface area (Å²) in [6.07, 6.45) is 8.47. The second-order valence-electron chi connectivity index (χ2n) is 7.67. The standard InChI is InChI=1S/C16H28N2O/c1-15(5-9-17(2)10-6-15)13-14(19)18-11-7-16(3-4-16)8-12-18/h3-13H2,1-2H3. The minimum Gasteiger partial charge on any atom is -0.343 e. The average molecular weight is 264 g/mol. The van der Waals surface area contributed by atoms with E-state index in [2.05, 4.69) is 23.8 Å². The summed E-state index contributed by atoms with van der Waals surface area (Å²) in [5, 5.41) is 0. The number of carbonyl (C=O) groups is 1. The predicted molar refractivity (Wildman–Crippen MR) is 76.9 cm³/mol. The monoisotopic (exact) mass is 264 g/mol. The lowest BCUT2D eigenvalue weighted by Gasteiger charge is -2.40. The van der Waals surface area contributed by atoms with Crippen LogP contribution in [0.5, 0.6) is 0 Å². The van der Waals surface area contributed by atoms with Gasteiger partial charge in [0.05, 0.1) is 0 Å². The van der Waals surface area contributed by atoms with Crippen molar-refractivity contribution < 1.29 is 4.79 Å². The zero-order chi connectivity index (χ0) is 13.5. The first-order chi connectivity index (χ1) is 9.00. The molecule has 0 N–H and O–H groups in total. The van der Waals surface area contributed by atoms with Gasteiger partial charge in [-0.05, 0) is 69.5 Å². The predicted octanol–water partition coefficient (Wildman–Crippen LogP) is 2.51. The fourth-order valence-electron chi connectivity index (χ4n) is 3.72. The fraction of sp³-hybridized carbons (Fsp3) is 0.938. The number of likely N-dealkylation sites (tertiary alicyclic amines) is 2. The summed E-state index contributed by atoms with van der Waals surface area (Å²) in [6, 6.07) is 0. The summed E-state index contributed by atoms with van der Waals surface area (Å²) >= 11 is 0. The van der Waals surface area contributed by atoms with Gasteiger partial charge in [0.15, 0.2) is 0 Å². The van der Waals surface area contributed by atoms with E-state index in [1.165, 1.54) is 38.5 Å². The Hall–Kier alpha value is -0.570. The fourth-order valence-corrected chi connectivity index (χ4v) is 3.72. The summed E-state index contributed by atoms with van der Waals surface area (Å²) in [6.45, 7) is 6.65. The highest BCUT2D eigenvalue weighted by molar-refractivity contribution is 5.77. The second kappa shape index (κ2) is 4.76. The number of hydrogen-bond acceptors (Lipinski definition) is 2. The van der Waals surface area contributed by atoms with Crippen LogP contribution in [0.4, 0.5) is 0 Å². The van der Waals surface area contributed by atoms with Gasteiger partial charge in [0.25, 0.3) is 0 Å². The van der Waals surface area contributed by atoms with E-state index in [0.29, 0.717) is 11.3 Å². The highest BCUT2D eigenvalue weighted by Crippen LogP contribution is 2.53. The SMILES string of the molecule is CN1CCC(C)(CC(=O)N2CCC3(CC2)CC3)CC1. The molecule has 0 bridgehead atoms. The molecule has 1 saturated carbocycles. The van der Waals surface area contributed by atoms with Crippen molar-refractivity contribution in [3.63, 3.8) is 0 Å². The molecule has 0 radical (unpaired) electrons. The molecule has 3 nitrogen and oxygen atoms in total. The van der Waals surface area contributed by atoms with Crippen LogP contribution >= 0.6 is 0 Å². The number of piperidine rings is 2. The average Bonchev–Trinajstić information content (AvgIpc) is 3.14. The Morgan fingerprint density at radius 3 is 2.05 bits per heavy atom. The zero-order valence-electron chi connectivity index (χ0n) is 12.6. The second-order valence-corrected chi connectivity index (χ2v) is 7.67. The molecule has 3 rings (SSSR count). The maximum Gasteiger partial charge on any atom is 0.223 e. The van der Waals surface area contributed by atoms with Crippen LogP contribution in [0.1, 0.15) is 51.9 Å². The molecule has 0 atom stereocenters. The van der Waals surface area contributed by atoms with E-state index in [0.717, 1.165) is 32.6 Å². The molecule has 3 fully saturated rings. The molecule has 0 aromatic rings. The van der Waals surface area contributed by atoms with Crippen molar-refractivity contribution in [2.75, 3.05) is 33.2 Å². The summed E-state index contributed by atoms with van der Waals surface area (Å²) in [7, 11) is 2.18. The van der Waals surface area contributed by atoms with Gasteiger partial charge in [-0.25, -0.2) is 0 Å².